The van der Waals surface area contributed by atoms with Crippen LogP contribution in [0.2, 0.25) is 5.02 Å². The molecule has 2 rings (SSSR count). The molecule has 0 bridgehead atoms. The molecule has 9 heteroatoms. The number of halogens is 3. The van der Waals surface area contributed by atoms with E-state index in [-0.39, 0.29) is 10.8 Å². The van der Waals surface area contributed by atoms with E-state index in [9.17, 15) is 22.0 Å². The van der Waals surface area contributed by atoms with Gasteiger partial charge >= 0.3 is 0 Å². The Hall–Kier alpha value is -2.19. The highest BCUT2D eigenvalue weighted by atomic mass is 35.5. The number of benzene rings is 2. The maximum atomic E-state index is 14.2. The van der Waals surface area contributed by atoms with Crippen LogP contribution in [0, 0.1) is 11.6 Å². The van der Waals surface area contributed by atoms with Crippen molar-refractivity contribution in [3.05, 3.63) is 58.1 Å². The third-order valence-corrected chi connectivity index (χ3v) is 4.02. The van der Waals surface area contributed by atoms with Crippen molar-refractivity contribution in [1.29, 1.82) is 0 Å². The van der Waals surface area contributed by atoms with E-state index in [1.807, 2.05) is 0 Å². The SMILES string of the molecule is CCc1cc(F)ccc1Oc1cc(F)c(C(=O)NS(C)(=O)=O)cc1Cl. The smallest absolute Gasteiger partial charge is 0.267 e. The molecule has 0 radical (unpaired) electrons. The molecular weight excluding hydrogens is 376 g/mol. The highest BCUT2D eigenvalue weighted by molar-refractivity contribution is 7.89. The Balaban J connectivity index is 2.36. The first kappa shape index (κ1) is 19.1. The molecule has 0 fully saturated rings. The lowest BCUT2D eigenvalue weighted by atomic mass is 10.1. The minimum atomic E-state index is -3.85. The van der Waals surface area contributed by atoms with Crippen LogP contribution < -0.4 is 9.46 Å². The minimum Gasteiger partial charge on any atom is -0.455 e. The van der Waals surface area contributed by atoms with Crippen molar-refractivity contribution in [3.63, 3.8) is 0 Å². The normalized spacial score (nSPS) is 11.2. The molecule has 1 amide bonds. The van der Waals surface area contributed by atoms with E-state index in [2.05, 4.69) is 0 Å². The molecule has 0 atom stereocenters. The summed E-state index contributed by atoms with van der Waals surface area (Å²) in [5.41, 5.74) is 0.00738. The van der Waals surface area contributed by atoms with E-state index >= 15 is 0 Å². The maximum Gasteiger partial charge on any atom is 0.267 e. The van der Waals surface area contributed by atoms with Crippen molar-refractivity contribution in [2.45, 2.75) is 13.3 Å². The Kier molecular flexibility index (Phi) is 5.64. The zero-order chi connectivity index (χ0) is 18.8. The Morgan fingerprint density at radius 3 is 2.48 bits per heavy atom. The zero-order valence-electron chi connectivity index (χ0n) is 13.3. The van der Waals surface area contributed by atoms with Crippen LogP contribution in [0.1, 0.15) is 22.8 Å². The standard InChI is InChI=1S/C16H14ClF2NO4S/c1-3-9-6-10(18)4-5-14(9)24-15-8-13(19)11(7-12(15)17)16(21)20-25(2,22)23/h4-8H,3H2,1-2H3,(H,20,21). The van der Waals surface area contributed by atoms with E-state index in [1.165, 1.54) is 18.2 Å². The molecule has 2 aromatic rings. The number of hydrogen-bond donors (Lipinski definition) is 1. The van der Waals surface area contributed by atoms with Crippen LogP contribution in [0.15, 0.2) is 30.3 Å². The molecule has 2 aromatic carbocycles. The monoisotopic (exact) mass is 389 g/mol. The van der Waals surface area contributed by atoms with Gasteiger partial charge in [-0.1, -0.05) is 18.5 Å². The molecule has 134 valence electrons. The predicted molar refractivity (Wildman–Crippen MR) is 89.6 cm³/mol. The summed E-state index contributed by atoms with van der Waals surface area (Å²) in [6.07, 6.45) is 1.24. The van der Waals surface area contributed by atoms with E-state index in [0.717, 1.165) is 18.4 Å². The Morgan fingerprint density at radius 1 is 1.20 bits per heavy atom. The highest BCUT2D eigenvalue weighted by Gasteiger charge is 2.19. The van der Waals surface area contributed by atoms with Gasteiger partial charge in [0.25, 0.3) is 5.91 Å². The summed E-state index contributed by atoms with van der Waals surface area (Å²) in [7, 11) is -3.85. The quantitative estimate of drug-likeness (QED) is 0.847. The molecule has 0 aliphatic rings. The van der Waals surface area contributed by atoms with E-state index in [0.29, 0.717) is 17.7 Å². The third-order valence-electron chi connectivity index (χ3n) is 3.17. The number of sulfonamides is 1. The van der Waals surface area contributed by atoms with Gasteiger partial charge in [-0.25, -0.2) is 21.9 Å². The van der Waals surface area contributed by atoms with Crippen LogP contribution >= 0.6 is 11.6 Å². The minimum absolute atomic E-state index is 0.0867. The molecule has 0 aromatic heterocycles. The van der Waals surface area contributed by atoms with Gasteiger partial charge in [0.15, 0.2) is 0 Å². The van der Waals surface area contributed by atoms with Gasteiger partial charge in [0.05, 0.1) is 16.8 Å². The third kappa shape index (κ3) is 4.90. The maximum absolute atomic E-state index is 14.2. The molecule has 0 aliphatic carbocycles. The van der Waals surface area contributed by atoms with E-state index in [1.54, 1.807) is 11.6 Å². The number of hydrogen-bond acceptors (Lipinski definition) is 4. The summed E-state index contributed by atoms with van der Waals surface area (Å²) in [5, 5.41) is -0.105. The van der Waals surface area contributed by atoms with Crippen molar-refractivity contribution in [1.82, 2.24) is 4.72 Å². The Labute approximate surface area is 148 Å². The summed E-state index contributed by atoms with van der Waals surface area (Å²) in [5.74, 6) is -2.39. The average Bonchev–Trinajstić information content (AvgIpc) is 2.50. The molecule has 0 saturated carbocycles. The molecule has 0 spiro atoms. The van der Waals surface area contributed by atoms with Gasteiger partial charge in [-0.2, -0.15) is 0 Å². The van der Waals surface area contributed by atoms with Crippen LogP contribution in [-0.4, -0.2) is 20.6 Å². The first-order chi connectivity index (χ1) is 11.6. The zero-order valence-corrected chi connectivity index (χ0v) is 14.8. The molecule has 0 unspecified atom stereocenters. The second-order valence-electron chi connectivity index (χ2n) is 5.17. The summed E-state index contributed by atoms with van der Waals surface area (Å²) < 4.78 is 56.7. The number of carbonyl (C=O) groups excluding carboxylic acids is 1. The second-order valence-corrected chi connectivity index (χ2v) is 7.33. The van der Waals surface area contributed by atoms with Crippen LogP contribution in [0.25, 0.3) is 0 Å². The van der Waals surface area contributed by atoms with Crippen molar-refractivity contribution in [2.75, 3.05) is 6.26 Å². The molecule has 1 N–H and O–H groups in total. The molecule has 25 heavy (non-hydrogen) atoms. The number of nitrogens with one attached hydrogen (secondary N) is 1. The molecular formula is C16H14ClF2NO4S. The van der Waals surface area contributed by atoms with Gasteiger partial charge in [-0.15, -0.1) is 0 Å². The first-order valence-electron chi connectivity index (χ1n) is 7.08. The van der Waals surface area contributed by atoms with Gasteiger partial charge in [0, 0.05) is 6.07 Å². The number of aryl methyl sites for hydroxylation is 1. The van der Waals surface area contributed by atoms with Gasteiger partial charge in [0.2, 0.25) is 10.0 Å². The van der Waals surface area contributed by atoms with Gasteiger partial charge in [-0.3, -0.25) is 4.79 Å². The number of ether oxygens (including phenoxy) is 1. The van der Waals surface area contributed by atoms with Crippen LogP contribution in [0.4, 0.5) is 8.78 Å². The summed E-state index contributed by atoms with van der Waals surface area (Å²) in [6, 6.07) is 5.68. The van der Waals surface area contributed by atoms with Gasteiger partial charge in [0.1, 0.15) is 23.1 Å². The van der Waals surface area contributed by atoms with E-state index < -0.39 is 33.1 Å². The van der Waals surface area contributed by atoms with Crippen molar-refractivity contribution in [3.8, 4) is 11.5 Å². The van der Waals surface area contributed by atoms with E-state index in [4.69, 9.17) is 16.3 Å². The molecule has 0 aliphatic heterocycles. The van der Waals surface area contributed by atoms with Crippen molar-refractivity contribution >= 4 is 27.5 Å². The lowest BCUT2D eigenvalue weighted by Crippen LogP contribution is -2.30. The summed E-state index contributed by atoms with van der Waals surface area (Å²) in [4.78, 5) is 11.8. The fourth-order valence-corrected chi connectivity index (χ4v) is 2.70. The topological polar surface area (TPSA) is 72.5 Å². The molecule has 0 saturated heterocycles. The largest absolute Gasteiger partial charge is 0.455 e. The van der Waals surface area contributed by atoms with Gasteiger partial charge < -0.3 is 4.74 Å². The number of rotatable bonds is 5. The van der Waals surface area contributed by atoms with Crippen molar-refractivity contribution < 1.29 is 26.7 Å². The van der Waals surface area contributed by atoms with Crippen LogP contribution in [-0.2, 0) is 16.4 Å². The molecule has 5 nitrogen and oxygen atoms in total. The summed E-state index contributed by atoms with van der Waals surface area (Å²) >= 11 is 6.00. The highest BCUT2D eigenvalue weighted by Crippen LogP contribution is 2.33. The lowest BCUT2D eigenvalue weighted by molar-refractivity contribution is 0.0977. The number of amides is 1. The fourth-order valence-electron chi connectivity index (χ4n) is 2.05. The Morgan fingerprint density at radius 2 is 1.88 bits per heavy atom. The number of carbonyl (C=O) groups is 1. The van der Waals surface area contributed by atoms with Crippen LogP contribution in [0.3, 0.4) is 0 Å². The van der Waals surface area contributed by atoms with Gasteiger partial charge in [-0.05, 0) is 36.2 Å². The fraction of sp³-hybridized carbons (Fsp3) is 0.188. The summed E-state index contributed by atoms with van der Waals surface area (Å²) in [6.45, 7) is 1.79. The van der Waals surface area contributed by atoms with Crippen LogP contribution in [0.5, 0.6) is 11.5 Å². The molecule has 0 heterocycles. The lowest BCUT2D eigenvalue weighted by Gasteiger charge is -2.13. The Bertz CT molecular complexity index is 932. The predicted octanol–water partition coefficient (Wildman–Crippen LogP) is 3.66. The average molecular weight is 390 g/mol. The first-order valence-corrected chi connectivity index (χ1v) is 9.35. The van der Waals surface area contributed by atoms with Crippen molar-refractivity contribution in [2.24, 2.45) is 0 Å². The second kappa shape index (κ2) is 7.37.